The van der Waals surface area contributed by atoms with Crippen LogP contribution in [0, 0.1) is 12.3 Å². The number of hydrogen-bond acceptors (Lipinski definition) is 6. The summed E-state index contributed by atoms with van der Waals surface area (Å²) >= 11 is 0. The monoisotopic (exact) mass is 473 g/mol. The van der Waals surface area contributed by atoms with Gasteiger partial charge in [0.2, 0.25) is 10.0 Å². The summed E-state index contributed by atoms with van der Waals surface area (Å²) in [6, 6.07) is 14.8. The molecular weight excluding hydrogens is 442 g/mol. The number of esters is 2. The Morgan fingerprint density at radius 3 is 2.09 bits per heavy atom. The fourth-order valence-electron chi connectivity index (χ4n) is 4.41. The van der Waals surface area contributed by atoms with Gasteiger partial charge in [-0.2, -0.15) is 4.31 Å². The Morgan fingerprint density at radius 2 is 1.55 bits per heavy atom. The van der Waals surface area contributed by atoms with Crippen LogP contribution in [0.2, 0.25) is 0 Å². The second-order valence-electron chi connectivity index (χ2n) is 8.15. The number of rotatable bonds is 8. The van der Waals surface area contributed by atoms with E-state index in [0.717, 1.165) is 11.1 Å². The van der Waals surface area contributed by atoms with E-state index in [1.54, 1.807) is 38.1 Å². The van der Waals surface area contributed by atoms with Crippen molar-refractivity contribution in [1.29, 1.82) is 0 Å². The molecule has 178 valence electrons. The van der Waals surface area contributed by atoms with Gasteiger partial charge in [-0.25, -0.2) is 8.42 Å². The maximum absolute atomic E-state index is 13.8. The number of nitrogens with zero attached hydrogens (tertiary/aromatic N) is 1. The van der Waals surface area contributed by atoms with E-state index in [9.17, 15) is 18.0 Å². The highest BCUT2D eigenvalue weighted by molar-refractivity contribution is 7.89. The van der Waals surface area contributed by atoms with Crippen molar-refractivity contribution in [3.63, 3.8) is 0 Å². The first-order valence-corrected chi connectivity index (χ1v) is 12.7. The normalized spacial score (nSPS) is 18.5. The Balaban J connectivity index is 2.18. The van der Waals surface area contributed by atoms with E-state index in [0.29, 0.717) is 6.42 Å². The van der Waals surface area contributed by atoms with Crippen LogP contribution in [0.3, 0.4) is 0 Å². The largest absolute Gasteiger partial charge is 0.465 e. The molecule has 7 nitrogen and oxygen atoms in total. The standard InChI is InChI=1S/C25H31NO6S/c1-4-31-23(27)25(24(28)32-5-2)16-9-17-26(22(25)18-20-10-7-6-8-11-20)33(29,30)21-14-12-19(3)13-15-21/h6-8,10-15,22H,4-5,9,16-18H2,1-3H3. The van der Waals surface area contributed by atoms with Crippen molar-refractivity contribution in [1.82, 2.24) is 4.31 Å². The lowest BCUT2D eigenvalue weighted by Gasteiger charge is -2.45. The van der Waals surface area contributed by atoms with Gasteiger partial charge in [0, 0.05) is 6.54 Å². The van der Waals surface area contributed by atoms with E-state index in [1.165, 1.54) is 4.31 Å². The van der Waals surface area contributed by atoms with Crippen LogP contribution in [-0.4, -0.2) is 50.5 Å². The van der Waals surface area contributed by atoms with E-state index in [1.807, 2.05) is 37.3 Å². The molecule has 0 radical (unpaired) electrons. The van der Waals surface area contributed by atoms with E-state index < -0.39 is 33.4 Å². The molecule has 1 fully saturated rings. The van der Waals surface area contributed by atoms with Crippen LogP contribution in [0.4, 0.5) is 0 Å². The molecule has 2 aromatic rings. The molecule has 1 unspecified atom stereocenters. The van der Waals surface area contributed by atoms with Gasteiger partial charge in [-0.15, -0.1) is 0 Å². The lowest BCUT2D eigenvalue weighted by Crippen LogP contribution is -2.62. The third-order valence-electron chi connectivity index (χ3n) is 6.04. The van der Waals surface area contributed by atoms with Crippen molar-refractivity contribution in [2.75, 3.05) is 19.8 Å². The minimum absolute atomic E-state index is 0.0722. The van der Waals surface area contributed by atoms with E-state index >= 15 is 0 Å². The molecular formula is C25H31NO6S. The van der Waals surface area contributed by atoms with Gasteiger partial charge in [0.15, 0.2) is 5.41 Å². The molecule has 0 amide bonds. The van der Waals surface area contributed by atoms with Crippen LogP contribution < -0.4 is 0 Å². The average Bonchev–Trinajstić information content (AvgIpc) is 2.80. The summed E-state index contributed by atoms with van der Waals surface area (Å²) in [6.45, 7) is 5.53. The Labute approximate surface area is 195 Å². The number of carbonyl (C=O) groups is 2. The quantitative estimate of drug-likeness (QED) is 0.431. The lowest BCUT2D eigenvalue weighted by molar-refractivity contribution is -0.179. The number of ether oxygens (including phenoxy) is 2. The minimum atomic E-state index is -4.00. The molecule has 2 aromatic carbocycles. The summed E-state index contributed by atoms with van der Waals surface area (Å²) in [4.78, 5) is 26.8. The SMILES string of the molecule is CCOC(=O)C1(C(=O)OCC)CCCN(S(=O)(=O)c2ccc(C)cc2)C1Cc1ccccc1. The smallest absolute Gasteiger partial charge is 0.325 e. The molecule has 1 heterocycles. The molecule has 3 rings (SSSR count). The first-order valence-electron chi connectivity index (χ1n) is 11.2. The summed E-state index contributed by atoms with van der Waals surface area (Å²) < 4.78 is 39.5. The lowest BCUT2D eigenvalue weighted by atomic mass is 9.71. The van der Waals surface area contributed by atoms with E-state index in [4.69, 9.17) is 9.47 Å². The number of sulfonamides is 1. The number of carbonyl (C=O) groups excluding carboxylic acids is 2. The molecule has 1 atom stereocenters. The van der Waals surface area contributed by atoms with Gasteiger partial charge >= 0.3 is 11.9 Å². The second kappa shape index (κ2) is 10.5. The van der Waals surface area contributed by atoms with Gasteiger partial charge in [0.1, 0.15) is 0 Å². The fourth-order valence-corrected chi connectivity index (χ4v) is 6.12. The van der Waals surface area contributed by atoms with Crippen molar-refractivity contribution in [2.45, 2.75) is 51.0 Å². The van der Waals surface area contributed by atoms with Gasteiger partial charge in [-0.05, 0) is 57.7 Å². The number of benzene rings is 2. The highest BCUT2D eigenvalue weighted by atomic mass is 32.2. The maximum Gasteiger partial charge on any atom is 0.325 e. The van der Waals surface area contributed by atoms with Crippen LogP contribution >= 0.6 is 0 Å². The van der Waals surface area contributed by atoms with Crippen LogP contribution in [0.1, 0.15) is 37.8 Å². The van der Waals surface area contributed by atoms with Gasteiger partial charge in [0.05, 0.1) is 24.2 Å². The Bertz CT molecular complexity index is 1050. The second-order valence-corrected chi connectivity index (χ2v) is 10.0. The summed E-state index contributed by atoms with van der Waals surface area (Å²) in [5, 5.41) is 0. The summed E-state index contributed by atoms with van der Waals surface area (Å²) in [6.07, 6.45) is 0.652. The Kier molecular flexibility index (Phi) is 7.92. The first-order chi connectivity index (χ1) is 15.8. The van der Waals surface area contributed by atoms with Gasteiger partial charge in [-0.3, -0.25) is 9.59 Å². The van der Waals surface area contributed by atoms with Crippen LogP contribution in [0.25, 0.3) is 0 Å². The highest BCUT2D eigenvalue weighted by Crippen LogP contribution is 2.43. The van der Waals surface area contributed by atoms with Crippen molar-refractivity contribution in [3.05, 3.63) is 65.7 Å². The Hall–Kier alpha value is -2.71. The minimum Gasteiger partial charge on any atom is -0.465 e. The van der Waals surface area contributed by atoms with Crippen LogP contribution in [-0.2, 0) is 35.5 Å². The predicted octanol–water partition coefficient (Wildman–Crippen LogP) is 3.50. The van der Waals surface area contributed by atoms with Gasteiger partial charge in [-0.1, -0.05) is 48.0 Å². The van der Waals surface area contributed by atoms with Crippen molar-refractivity contribution < 1.29 is 27.5 Å². The number of hydrogen-bond donors (Lipinski definition) is 0. The van der Waals surface area contributed by atoms with E-state index in [-0.39, 0.29) is 37.5 Å². The predicted molar refractivity (Wildman–Crippen MR) is 124 cm³/mol. The zero-order valence-electron chi connectivity index (χ0n) is 19.3. The maximum atomic E-state index is 13.8. The van der Waals surface area contributed by atoms with Crippen LogP contribution in [0.5, 0.6) is 0 Å². The molecule has 0 N–H and O–H groups in total. The summed E-state index contributed by atoms with van der Waals surface area (Å²) in [5.41, 5.74) is -0.00923. The number of aryl methyl sites for hydroxylation is 1. The fraction of sp³-hybridized carbons (Fsp3) is 0.440. The molecule has 33 heavy (non-hydrogen) atoms. The van der Waals surface area contributed by atoms with E-state index in [2.05, 4.69) is 0 Å². The first kappa shape index (κ1) is 24.9. The zero-order chi connectivity index (χ0) is 24.1. The summed E-state index contributed by atoms with van der Waals surface area (Å²) in [7, 11) is -4.00. The third-order valence-corrected chi connectivity index (χ3v) is 7.97. The molecule has 0 aromatic heterocycles. The molecule has 1 aliphatic rings. The molecule has 0 bridgehead atoms. The van der Waals surface area contributed by atoms with Crippen molar-refractivity contribution in [2.24, 2.45) is 5.41 Å². The molecule has 1 saturated heterocycles. The van der Waals surface area contributed by atoms with Crippen LogP contribution in [0.15, 0.2) is 59.5 Å². The van der Waals surface area contributed by atoms with Gasteiger partial charge in [0.25, 0.3) is 0 Å². The molecule has 0 saturated carbocycles. The van der Waals surface area contributed by atoms with Gasteiger partial charge < -0.3 is 9.47 Å². The van der Waals surface area contributed by atoms with Crippen molar-refractivity contribution >= 4 is 22.0 Å². The third kappa shape index (κ3) is 4.96. The molecule has 0 aliphatic carbocycles. The highest BCUT2D eigenvalue weighted by Gasteiger charge is 2.60. The molecule has 1 aliphatic heterocycles. The molecule has 8 heteroatoms. The average molecular weight is 474 g/mol. The van der Waals surface area contributed by atoms with Crippen molar-refractivity contribution in [3.8, 4) is 0 Å². The topological polar surface area (TPSA) is 90.0 Å². The molecule has 0 spiro atoms. The number of piperidine rings is 1. The summed E-state index contributed by atoms with van der Waals surface area (Å²) in [5.74, 6) is -1.48. The Morgan fingerprint density at radius 1 is 0.970 bits per heavy atom. The zero-order valence-corrected chi connectivity index (χ0v) is 20.1.